The Hall–Kier alpha value is -3.50. The van der Waals surface area contributed by atoms with Crippen LogP contribution in [0.15, 0.2) is 54.6 Å². The van der Waals surface area contributed by atoms with Crippen LogP contribution in [0.2, 0.25) is 0 Å². The van der Waals surface area contributed by atoms with Crippen molar-refractivity contribution in [3.8, 4) is 34.5 Å². The van der Waals surface area contributed by atoms with Crippen LogP contribution in [0.1, 0.15) is 37.4 Å². The molecule has 2 atom stereocenters. The van der Waals surface area contributed by atoms with E-state index in [1.165, 1.54) is 12.1 Å². The van der Waals surface area contributed by atoms with Crippen molar-refractivity contribution in [1.82, 2.24) is 9.97 Å². The first-order valence-electron chi connectivity index (χ1n) is 10.9. The summed E-state index contributed by atoms with van der Waals surface area (Å²) in [5, 5.41) is 18.3. The molecule has 0 fully saturated rings. The van der Waals surface area contributed by atoms with Crippen molar-refractivity contribution in [3.63, 3.8) is 0 Å². The van der Waals surface area contributed by atoms with Crippen molar-refractivity contribution in [2.24, 2.45) is 0 Å². The number of carboxylic acid groups (broad SMARTS) is 1. The fraction of sp³-hybridized carbons (Fsp3) is 0.269. The molecule has 0 aliphatic rings. The number of nitrogens with zero attached hydrogens (tertiary/aromatic N) is 2. The van der Waals surface area contributed by atoms with Crippen LogP contribution in [0, 0.1) is 17.7 Å². The normalized spacial score (nSPS) is 12.1. The molecule has 7 nitrogen and oxygen atoms in total. The van der Waals surface area contributed by atoms with Gasteiger partial charge < -0.3 is 10.2 Å². The molecular formula is C26H25FN2O5P+. The van der Waals surface area contributed by atoms with Crippen LogP contribution >= 0.6 is 8.03 Å². The van der Waals surface area contributed by atoms with Gasteiger partial charge in [0.05, 0.1) is 23.4 Å². The summed E-state index contributed by atoms with van der Waals surface area (Å²) < 4.78 is 30.7. The Morgan fingerprint density at radius 2 is 1.77 bits per heavy atom. The van der Waals surface area contributed by atoms with Gasteiger partial charge in [-0.3, -0.25) is 4.79 Å². The van der Waals surface area contributed by atoms with Gasteiger partial charge in [-0.25, -0.2) is 14.4 Å². The molecule has 3 rings (SSSR count). The van der Waals surface area contributed by atoms with Crippen LogP contribution in [-0.2, 0) is 13.9 Å². The van der Waals surface area contributed by atoms with Crippen molar-refractivity contribution in [3.05, 3.63) is 71.7 Å². The number of benzene rings is 2. The highest BCUT2D eigenvalue weighted by Crippen LogP contribution is 2.30. The van der Waals surface area contributed by atoms with E-state index in [0.717, 1.165) is 5.56 Å². The summed E-state index contributed by atoms with van der Waals surface area (Å²) in [5.41, 5.74) is 3.29. The molecule has 0 radical (unpaired) electrons. The number of carboxylic acids is 1. The zero-order valence-electron chi connectivity index (χ0n) is 19.3. The van der Waals surface area contributed by atoms with Crippen molar-refractivity contribution in [2.75, 3.05) is 12.8 Å². The largest absolute Gasteiger partial charge is 0.511 e. The highest BCUT2D eigenvalue weighted by molar-refractivity contribution is 7.39. The Labute approximate surface area is 203 Å². The van der Waals surface area contributed by atoms with Gasteiger partial charge in [0.1, 0.15) is 11.9 Å². The Morgan fingerprint density at radius 3 is 2.40 bits per heavy atom. The molecule has 9 heteroatoms. The predicted molar refractivity (Wildman–Crippen MR) is 131 cm³/mol. The maximum absolute atomic E-state index is 13.6. The molecule has 0 saturated carbocycles. The molecule has 1 aromatic heterocycles. The summed E-state index contributed by atoms with van der Waals surface area (Å²) in [4.78, 5) is 20.1. The number of aliphatic hydroxyl groups excluding tert-OH is 1. The van der Waals surface area contributed by atoms with Gasteiger partial charge >= 0.3 is 14.0 Å². The van der Waals surface area contributed by atoms with Crippen LogP contribution in [0.25, 0.3) is 22.6 Å². The number of aromatic nitrogens is 2. The third-order valence-electron chi connectivity index (χ3n) is 4.90. The summed E-state index contributed by atoms with van der Waals surface area (Å²) in [6.45, 7) is 3.76. The highest BCUT2D eigenvalue weighted by Gasteiger charge is 2.25. The average molecular weight is 495 g/mol. The monoisotopic (exact) mass is 495 g/mol. The summed E-state index contributed by atoms with van der Waals surface area (Å²) >= 11 is 0. The van der Waals surface area contributed by atoms with E-state index < -0.39 is 26.5 Å². The Balaban J connectivity index is 1.95. The van der Waals surface area contributed by atoms with Gasteiger partial charge in [0.15, 0.2) is 12.4 Å². The van der Waals surface area contributed by atoms with E-state index in [9.17, 15) is 18.9 Å². The molecule has 0 aliphatic heterocycles. The predicted octanol–water partition coefficient (Wildman–Crippen LogP) is 5.02. The molecule has 1 heterocycles. The Morgan fingerprint density at radius 1 is 1.09 bits per heavy atom. The molecular weight excluding hydrogens is 470 g/mol. The van der Waals surface area contributed by atoms with E-state index in [4.69, 9.17) is 19.6 Å². The third kappa shape index (κ3) is 7.49. The fourth-order valence-electron chi connectivity index (χ4n) is 3.27. The lowest BCUT2D eigenvalue weighted by atomic mass is 9.98. The van der Waals surface area contributed by atoms with Gasteiger partial charge in [-0.1, -0.05) is 56.0 Å². The van der Waals surface area contributed by atoms with E-state index in [-0.39, 0.29) is 24.5 Å². The number of hydrogen-bond donors (Lipinski definition) is 2. The van der Waals surface area contributed by atoms with Crippen LogP contribution in [-0.4, -0.2) is 45.0 Å². The molecule has 180 valence electrons. The molecule has 2 unspecified atom stereocenters. The first-order valence-corrected chi connectivity index (χ1v) is 12.3. The minimum Gasteiger partial charge on any atom is -0.481 e. The molecule has 0 amide bonds. The molecule has 2 aromatic carbocycles. The number of aliphatic carboxylic acids is 1. The second-order valence-corrected chi connectivity index (χ2v) is 9.31. The van der Waals surface area contributed by atoms with Crippen LogP contribution in [0.4, 0.5) is 4.39 Å². The Kier molecular flexibility index (Phi) is 9.16. The van der Waals surface area contributed by atoms with Crippen LogP contribution < -0.4 is 0 Å². The van der Waals surface area contributed by atoms with E-state index in [1.54, 1.807) is 12.1 Å². The quantitative estimate of drug-likeness (QED) is 0.317. The lowest BCUT2D eigenvalue weighted by molar-refractivity contribution is -0.138. The van der Waals surface area contributed by atoms with Gasteiger partial charge in [-0.05, 0) is 34.7 Å². The highest BCUT2D eigenvalue weighted by atomic mass is 31.1. The SMILES string of the molecule is CC(C)c1nc(-c2ccccc2)nc(-c2ccc(F)cc2)c1C#CCO[P+](=O)CC(O)CC(=O)O. The number of hydrogen-bond acceptors (Lipinski definition) is 6. The lowest BCUT2D eigenvalue weighted by Crippen LogP contribution is -2.15. The fourth-order valence-corrected chi connectivity index (χ4v) is 4.06. The Bertz CT molecular complexity index is 1250. The number of halogens is 1. The number of aliphatic hydroxyl groups is 1. The smallest absolute Gasteiger partial charge is 0.481 e. The first-order chi connectivity index (χ1) is 16.7. The summed E-state index contributed by atoms with van der Waals surface area (Å²) in [6, 6.07) is 15.4. The molecule has 0 aliphatic carbocycles. The zero-order valence-corrected chi connectivity index (χ0v) is 20.2. The summed E-state index contributed by atoms with van der Waals surface area (Å²) in [5.74, 6) is 4.79. The van der Waals surface area contributed by atoms with E-state index in [0.29, 0.717) is 28.3 Å². The molecule has 0 saturated heterocycles. The van der Waals surface area contributed by atoms with E-state index in [2.05, 4.69) is 11.8 Å². The molecule has 0 bridgehead atoms. The van der Waals surface area contributed by atoms with Crippen molar-refractivity contribution in [2.45, 2.75) is 32.3 Å². The third-order valence-corrected chi connectivity index (χ3v) is 6.03. The lowest BCUT2D eigenvalue weighted by Gasteiger charge is -2.14. The minimum absolute atomic E-state index is 0.00678. The molecule has 2 N–H and O–H groups in total. The van der Waals surface area contributed by atoms with Crippen LogP contribution in [0.5, 0.6) is 0 Å². The summed E-state index contributed by atoms with van der Waals surface area (Å²) in [7, 11) is -2.28. The standard InChI is InChI=1S/C26H24FN2O5P/c1-17(2)24-22(9-6-14-34-35(33)16-21(30)15-23(31)32)25(18-10-12-20(27)13-11-18)29-26(28-24)19-7-4-3-5-8-19/h3-5,7-8,10-13,17,21,30H,14-16H2,1-2H3/p+1. The second-order valence-electron chi connectivity index (χ2n) is 8.03. The van der Waals surface area contributed by atoms with Crippen molar-refractivity contribution in [1.29, 1.82) is 0 Å². The van der Waals surface area contributed by atoms with E-state index >= 15 is 0 Å². The van der Waals surface area contributed by atoms with E-state index in [1.807, 2.05) is 44.2 Å². The molecule has 35 heavy (non-hydrogen) atoms. The van der Waals surface area contributed by atoms with Gasteiger partial charge in [0, 0.05) is 11.1 Å². The summed E-state index contributed by atoms with van der Waals surface area (Å²) in [6.07, 6.45) is -2.07. The number of carbonyl (C=O) groups is 1. The van der Waals surface area contributed by atoms with Gasteiger partial charge in [-0.15, -0.1) is 4.52 Å². The van der Waals surface area contributed by atoms with Crippen molar-refractivity contribution >= 4 is 14.0 Å². The van der Waals surface area contributed by atoms with Crippen molar-refractivity contribution < 1.29 is 28.5 Å². The van der Waals surface area contributed by atoms with Gasteiger partial charge in [0.2, 0.25) is 6.16 Å². The van der Waals surface area contributed by atoms with Gasteiger partial charge in [-0.2, -0.15) is 0 Å². The average Bonchev–Trinajstić information content (AvgIpc) is 2.82. The topological polar surface area (TPSA) is 110 Å². The first kappa shape index (κ1) is 26.1. The number of rotatable bonds is 9. The van der Waals surface area contributed by atoms with Crippen LogP contribution in [0.3, 0.4) is 0 Å². The zero-order chi connectivity index (χ0) is 25.4. The van der Waals surface area contributed by atoms with Gasteiger partial charge in [0.25, 0.3) is 0 Å². The molecule has 3 aromatic rings. The maximum atomic E-state index is 13.6. The molecule has 0 spiro atoms. The maximum Gasteiger partial charge on any atom is 0.511 e. The minimum atomic E-state index is -2.28. The second kappa shape index (κ2) is 12.3.